The Labute approximate surface area is 161 Å². The summed E-state index contributed by atoms with van der Waals surface area (Å²) in [6.07, 6.45) is 1.87. The Morgan fingerprint density at radius 1 is 1.11 bits per heavy atom. The first-order valence-electron chi connectivity index (χ1n) is 8.85. The molecule has 0 radical (unpaired) electrons. The van der Waals surface area contributed by atoms with Crippen LogP contribution in [0.5, 0.6) is 5.75 Å². The van der Waals surface area contributed by atoms with Gasteiger partial charge in [0.15, 0.2) is 0 Å². The van der Waals surface area contributed by atoms with Crippen molar-refractivity contribution >= 4 is 21.6 Å². The van der Waals surface area contributed by atoms with Gasteiger partial charge in [-0.25, -0.2) is 8.42 Å². The maximum Gasteiger partial charge on any atom is 0.232 e. The summed E-state index contributed by atoms with van der Waals surface area (Å²) in [7, 11) is -3.40. The molecule has 2 aromatic rings. The van der Waals surface area contributed by atoms with Crippen LogP contribution in [0.3, 0.4) is 0 Å². The van der Waals surface area contributed by atoms with E-state index < -0.39 is 10.0 Å². The molecule has 0 aliphatic carbocycles. The summed E-state index contributed by atoms with van der Waals surface area (Å²) >= 11 is 0. The van der Waals surface area contributed by atoms with Crippen molar-refractivity contribution in [3.63, 3.8) is 0 Å². The van der Waals surface area contributed by atoms with Crippen molar-refractivity contribution in [2.24, 2.45) is 0 Å². The highest BCUT2D eigenvalue weighted by Crippen LogP contribution is 2.19. The smallest absolute Gasteiger partial charge is 0.232 e. The van der Waals surface area contributed by atoms with Crippen molar-refractivity contribution in [2.45, 2.75) is 19.8 Å². The molecule has 0 atom stereocenters. The number of amides is 1. The fourth-order valence-corrected chi connectivity index (χ4v) is 3.57. The molecule has 0 saturated heterocycles. The lowest BCUT2D eigenvalue weighted by Crippen LogP contribution is -2.33. The van der Waals surface area contributed by atoms with Crippen molar-refractivity contribution in [1.82, 2.24) is 5.32 Å². The van der Waals surface area contributed by atoms with Crippen LogP contribution in [-0.2, 0) is 14.8 Å². The molecule has 0 spiro atoms. The molecule has 0 unspecified atom stereocenters. The Bertz CT molecular complexity index is 838. The first-order valence-corrected chi connectivity index (χ1v) is 10.7. The van der Waals surface area contributed by atoms with E-state index in [1.165, 1.54) is 10.6 Å². The molecule has 0 heterocycles. The molecule has 0 saturated carbocycles. The maximum atomic E-state index is 12.1. The van der Waals surface area contributed by atoms with Gasteiger partial charge >= 0.3 is 0 Å². The van der Waals surface area contributed by atoms with E-state index in [9.17, 15) is 13.2 Å². The van der Waals surface area contributed by atoms with Gasteiger partial charge < -0.3 is 10.1 Å². The number of hydrogen-bond donors (Lipinski definition) is 1. The zero-order chi connectivity index (χ0) is 19.7. The number of ether oxygens (including phenoxy) is 1. The Morgan fingerprint density at radius 2 is 1.85 bits per heavy atom. The predicted octanol–water partition coefficient (Wildman–Crippen LogP) is 2.74. The third kappa shape index (κ3) is 7.30. The van der Waals surface area contributed by atoms with Crippen LogP contribution in [0.25, 0.3) is 0 Å². The molecule has 0 aliphatic heterocycles. The fourth-order valence-electron chi connectivity index (χ4n) is 2.62. The van der Waals surface area contributed by atoms with E-state index in [2.05, 4.69) is 5.32 Å². The van der Waals surface area contributed by atoms with Crippen LogP contribution >= 0.6 is 0 Å². The monoisotopic (exact) mass is 390 g/mol. The van der Waals surface area contributed by atoms with Crippen molar-refractivity contribution in [3.8, 4) is 5.75 Å². The number of anilines is 1. The average molecular weight is 391 g/mol. The van der Waals surface area contributed by atoms with Crippen molar-refractivity contribution in [3.05, 3.63) is 60.2 Å². The molecule has 27 heavy (non-hydrogen) atoms. The van der Waals surface area contributed by atoms with Gasteiger partial charge in [-0.1, -0.05) is 30.3 Å². The molecule has 0 aromatic heterocycles. The Kier molecular flexibility index (Phi) is 7.67. The van der Waals surface area contributed by atoms with Gasteiger partial charge in [0.2, 0.25) is 15.9 Å². The third-order valence-corrected chi connectivity index (χ3v) is 5.09. The van der Waals surface area contributed by atoms with Crippen LogP contribution in [0, 0.1) is 6.92 Å². The van der Waals surface area contributed by atoms with E-state index in [1.54, 1.807) is 6.07 Å². The lowest BCUT2D eigenvalue weighted by atomic mass is 10.2. The van der Waals surface area contributed by atoms with Crippen molar-refractivity contribution < 1.29 is 17.9 Å². The minimum Gasteiger partial charge on any atom is -0.492 e. The molecule has 2 rings (SSSR count). The maximum absolute atomic E-state index is 12.1. The lowest BCUT2D eigenvalue weighted by Gasteiger charge is -2.22. The van der Waals surface area contributed by atoms with Crippen LogP contribution in [0.1, 0.15) is 18.4 Å². The van der Waals surface area contributed by atoms with Gasteiger partial charge in [-0.15, -0.1) is 0 Å². The average Bonchev–Trinajstić information content (AvgIpc) is 2.62. The first kappa shape index (κ1) is 20.8. The Morgan fingerprint density at radius 3 is 2.52 bits per heavy atom. The number of nitrogens with zero attached hydrogens (tertiary/aromatic N) is 1. The van der Waals surface area contributed by atoms with Gasteiger partial charge in [0, 0.05) is 13.0 Å². The number of para-hydroxylation sites is 1. The molecule has 0 bridgehead atoms. The number of carbonyl (C=O) groups is 1. The minimum absolute atomic E-state index is 0.121. The Hall–Kier alpha value is -2.54. The molecule has 0 aliphatic rings. The summed E-state index contributed by atoms with van der Waals surface area (Å²) in [6.45, 7) is 2.96. The summed E-state index contributed by atoms with van der Waals surface area (Å²) in [6, 6.07) is 16.7. The van der Waals surface area contributed by atoms with E-state index in [-0.39, 0.29) is 18.9 Å². The highest BCUT2D eigenvalue weighted by Gasteiger charge is 2.17. The number of carbonyl (C=O) groups excluding carboxylic acids is 1. The first-order chi connectivity index (χ1) is 12.9. The predicted molar refractivity (Wildman–Crippen MR) is 108 cm³/mol. The zero-order valence-electron chi connectivity index (χ0n) is 15.7. The quantitative estimate of drug-likeness (QED) is 0.633. The number of aryl methyl sites for hydroxylation is 1. The summed E-state index contributed by atoms with van der Waals surface area (Å²) in [5.41, 5.74) is 1.60. The van der Waals surface area contributed by atoms with Gasteiger partial charge in [-0.2, -0.15) is 0 Å². The number of benzene rings is 2. The van der Waals surface area contributed by atoms with Crippen LogP contribution in [0.4, 0.5) is 5.69 Å². The van der Waals surface area contributed by atoms with Crippen molar-refractivity contribution in [2.75, 3.05) is 30.3 Å². The summed E-state index contributed by atoms with van der Waals surface area (Å²) in [5, 5.41) is 2.78. The molecule has 7 heteroatoms. The van der Waals surface area contributed by atoms with Crippen molar-refractivity contribution in [1.29, 1.82) is 0 Å². The molecule has 1 N–H and O–H groups in total. The van der Waals surface area contributed by atoms with Crippen LogP contribution in [0.15, 0.2) is 54.6 Å². The van der Waals surface area contributed by atoms with E-state index in [0.717, 1.165) is 11.3 Å². The minimum atomic E-state index is -3.40. The third-order valence-electron chi connectivity index (χ3n) is 3.89. The molecular weight excluding hydrogens is 364 g/mol. The van der Waals surface area contributed by atoms with E-state index >= 15 is 0 Å². The molecule has 1 amide bonds. The van der Waals surface area contributed by atoms with Crippen LogP contribution < -0.4 is 14.4 Å². The lowest BCUT2D eigenvalue weighted by molar-refractivity contribution is -0.121. The standard InChI is InChI=1S/C20H26N2O4S/c1-17-8-6-9-18(16-17)22(27(2,24)25)14-7-12-20(23)21-13-15-26-19-10-4-3-5-11-19/h3-6,8-11,16H,7,12-15H2,1-2H3,(H,21,23). The van der Waals surface area contributed by atoms with E-state index in [4.69, 9.17) is 4.74 Å². The number of hydrogen-bond acceptors (Lipinski definition) is 4. The summed E-state index contributed by atoms with van der Waals surface area (Å²) in [4.78, 5) is 11.9. The van der Waals surface area contributed by atoms with Gasteiger partial charge in [0.1, 0.15) is 12.4 Å². The zero-order valence-corrected chi connectivity index (χ0v) is 16.5. The topological polar surface area (TPSA) is 75.7 Å². The van der Waals surface area contributed by atoms with Crippen LogP contribution in [-0.4, -0.2) is 40.3 Å². The highest BCUT2D eigenvalue weighted by molar-refractivity contribution is 7.92. The molecule has 146 valence electrons. The SMILES string of the molecule is Cc1cccc(N(CCCC(=O)NCCOc2ccccc2)S(C)(=O)=O)c1. The summed E-state index contributed by atoms with van der Waals surface area (Å²) < 4.78 is 31.0. The number of sulfonamides is 1. The fraction of sp³-hybridized carbons (Fsp3) is 0.350. The van der Waals surface area contributed by atoms with E-state index in [0.29, 0.717) is 25.3 Å². The normalized spacial score (nSPS) is 11.0. The van der Waals surface area contributed by atoms with Gasteiger partial charge in [-0.3, -0.25) is 9.10 Å². The summed E-state index contributed by atoms with van der Waals surface area (Å²) in [5.74, 6) is 0.637. The second kappa shape index (κ2) is 9.97. The molecule has 6 nitrogen and oxygen atoms in total. The number of rotatable bonds is 10. The van der Waals surface area contributed by atoms with Gasteiger partial charge in [0.05, 0.1) is 18.5 Å². The van der Waals surface area contributed by atoms with Gasteiger partial charge in [-0.05, 0) is 43.2 Å². The van der Waals surface area contributed by atoms with E-state index in [1.807, 2.05) is 55.5 Å². The number of nitrogens with one attached hydrogen (secondary N) is 1. The Balaban J connectivity index is 1.75. The van der Waals surface area contributed by atoms with Gasteiger partial charge in [0.25, 0.3) is 0 Å². The van der Waals surface area contributed by atoms with Crippen LogP contribution in [0.2, 0.25) is 0 Å². The molecular formula is C20H26N2O4S. The largest absolute Gasteiger partial charge is 0.492 e. The second-order valence-electron chi connectivity index (χ2n) is 6.29. The highest BCUT2D eigenvalue weighted by atomic mass is 32.2. The molecule has 0 fully saturated rings. The second-order valence-corrected chi connectivity index (χ2v) is 8.20. The molecule has 2 aromatic carbocycles.